The molecule has 9 heavy (non-hydrogen) atoms. The second kappa shape index (κ2) is 10.4. The lowest BCUT2D eigenvalue weighted by Gasteiger charge is -2.02. The molecule has 0 unspecified atom stereocenters. The molecule has 5 heteroatoms. The van der Waals surface area contributed by atoms with Crippen molar-refractivity contribution in [3.8, 4) is 0 Å². The molecule has 0 rings (SSSR count). The van der Waals surface area contributed by atoms with E-state index in [9.17, 15) is 4.79 Å². The molecule has 0 saturated carbocycles. The van der Waals surface area contributed by atoms with E-state index < -0.39 is 0 Å². The molecule has 0 aromatic carbocycles. The van der Waals surface area contributed by atoms with Gasteiger partial charge in [0.25, 0.3) is 0 Å². The van der Waals surface area contributed by atoms with Crippen LogP contribution in [0.1, 0.15) is 6.92 Å². The average Bonchev–Trinajstić information content (AvgIpc) is 1.36. The first kappa shape index (κ1) is 23.8. The highest BCUT2D eigenvalue weighted by Gasteiger charge is 1.87. The predicted molar refractivity (Wildman–Crippen MR) is 35.2 cm³/mol. The minimum absolute atomic E-state index is 0. The fraction of sp³-hybridized carbons (Fsp3) is 0.750. The van der Waals surface area contributed by atoms with Crippen molar-refractivity contribution in [2.24, 2.45) is 0 Å². The molecular formula is C4H15NO4. The smallest absolute Gasteiger partial charge is 0.218 e. The van der Waals surface area contributed by atoms with E-state index >= 15 is 0 Å². The van der Waals surface area contributed by atoms with Gasteiger partial charge in [-0.2, -0.15) is 0 Å². The van der Waals surface area contributed by atoms with Crippen LogP contribution in [0.5, 0.6) is 0 Å². The Labute approximate surface area is 54.2 Å². The van der Waals surface area contributed by atoms with Crippen molar-refractivity contribution in [3.63, 3.8) is 0 Å². The fourth-order valence-electron chi connectivity index (χ4n) is 0. The Bertz CT molecular complexity index is 63.6. The van der Waals surface area contributed by atoms with Crippen LogP contribution in [0, 0.1) is 0 Å². The second-order valence-electron chi connectivity index (χ2n) is 1.41. The molecule has 0 aliphatic rings. The summed E-state index contributed by atoms with van der Waals surface area (Å²) in [7, 11) is 3.45. The van der Waals surface area contributed by atoms with Gasteiger partial charge in [-0.25, -0.2) is 0 Å². The highest BCUT2D eigenvalue weighted by molar-refractivity contribution is 5.72. The quantitative estimate of drug-likeness (QED) is 0.368. The van der Waals surface area contributed by atoms with Crippen molar-refractivity contribution in [3.05, 3.63) is 0 Å². The van der Waals surface area contributed by atoms with Crippen LogP contribution in [0.2, 0.25) is 0 Å². The molecule has 0 atom stereocenters. The van der Waals surface area contributed by atoms with E-state index in [1.165, 1.54) is 11.8 Å². The molecule has 5 nitrogen and oxygen atoms in total. The number of hydrogen-bond donors (Lipinski definition) is 0. The van der Waals surface area contributed by atoms with Gasteiger partial charge in [0.1, 0.15) is 0 Å². The van der Waals surface area contributed by atoms with Gasteiger partial charge in [-0.1, -0.05) is 0 Å². The van der Waals surface area contributed by atoms with Crippen molar-refractivity contribution >= 4 is 5.91 Å². The molecule has 0 saturated heterocycles. The summed E-state index contributed by atoms with van der Waals surface area (Å²) < 4.78 is 0. The van der Waals surface area contributed by atoms with Crippen LogP contribution in [0.4, 0.5) is 0 Å². The maximum atomic E-state index is 10.1. The zero-order valence-corrected chi connectivity index (χ0v) is 5.86. The Hall–Kier alpha value is -0.650. The molecule has 0 heterocycles. The normalized spacial score (nSPS) is 5.22. The molecule has 0 aromatic rings. The third kappa shape index (κ3) is 18.7. The van der Waals surface area contributed by atoms with E-state index in [2.05, 4.69) is 0 Å². The van der Waals surface area contributed by atoms with Gasteiger partial charge in [0.15, 0.2) is 0 Å². The number of amides is 1. The van der Waals surface area contributed by atoms with E-state index in [1.54, 1.807) is 14.1 Å². The molecular weight excluding hydrogens is 126 g/mol. The molecule has 0 fully saturated rings. The molecule has 0 spiro atoms. The summed E-state index contributed by atoms with van der Waals surface area (Å²) >= 11 is 0. The van der Waals surface area contributed by atoms with Gasteiger partial charge in [0, 0.05) is 21.0 Å². The third-order valence-electron chi connectivity index (χ3n) is 0.630. The Balaban J connectivity index is -0.0000000417. The predicted octanol–water partition coefficient (Wildman–Crippen LogP) is -2.38. The first-order valence-electron chi connectivity index (χ1n) is 1.82. The lowest BCUT2D eigenvalue weighted by molar-refractivity contribution is -0.126. The Morgan fingerprint density at radius 2 is 1.22 bits per heavy atom. The zero-order valence-electron chi connectivity index (χ0n) is 5.86. The van der Waals surface area contributed by atoms with Gasteiger partial charge in [-0.05, 0) is 0 Å². The minimum Gasteiger partial charge on any atom is -0.412 e. The van der Waals surface area contributed by atoms with Crippen molar-refractivity contribution in [1.29, 1.82) is 0 Å². The van der Waals surface area contributed by atoms with Gasteiger partial charge in [-0.15, -0.1) is 0 Å². The number of carbonyl (C=O) groups excluding carboxylic acids is 1. The van der Waals surface area contributed by atoms with Crippen LogP contribution in [0.25, 0.3) is 0 Å². The van der Waals surface area contributed by atoms with E-state index in [-0.39, 0.29) is 22.3 Å². The van der Waals surface area contributed by atoms with E-state index in [0.29, 0.717) is 0 Å². The number of hydrogen-bond acceptors (Lipinski definition) is 1. The van der Waals surface area contributed by atoms with Crippen molar-refractivity contribution in [2.45, 2.75) is 6.92 Å². The maximum absolute atomic E-state index is 10.1. The largest absolute Gasteiger partial charge is 0.412 e. The summed E-state index contributed by atoms with van der Waals surface area (Å²) in [5.41, 5.74) is 0. The fourth-order valence-corrected chi connectivity index (χ4v) is 0. The van der Waals surface area contributed by atoms with Crippen molar-refractivity contribution in [1.82, 2.24) is 4.90 Å². The van der Waals surface area contributed by atoms with Gasteiger partial charge < -0.3 is 21.3 Å². The van der Waals surface area contributed by atoms with Crippen LogP contribution in [-0.2, 0) is 4.79 Å². The second-order valence-corrected chi connectivity index (χ2v) is 1.41. The molecule has 0 aliphatic carbocycles. The monoisotopic (exact) mass is 141 g/mol. The highest BCUT2D eigenvalue weighted by Crippen LogP contribution is 1.69. The van der Waals surface area contributed by atoms with E-state index in [1.807, 2.05) is 0 Å². The zero-order chi connectivity index (χ0) is 5.15. The third-order valence-corrected chi connectivity index (χ3v) is 0.630. The first-order chi connectivity index (χ1) is 2.64. The molecule has 60 valence electrons. The number of rotatable bonds is 0. The van der Waals surface area contributed by atoms with E-state index in [0.717, 1.165) is 0 Å². The lowest BCUT2D eigenvalue weighted by Crippen LogP contribution is -2.17. The Morgan fingerprint density at radius 3 is 1.22 bits per heavy atom. The molecule has 0 aromatic heterocycles. The summed E-state index contributed by atoms with van der Waals surface area (Å²) in [6.45, 7) is 1.53. The molecule has 1 amide bonds. The molecule has 6 N–H and O–H groups in total. The van der Waals surface area contributed by atoms with Crippen LogP contribution >= 0.6 is 0 Å². The first-order valence-corrected chi connectivity index (χ1v) is 1.82. The topological polar surface area (TPSA) is 115 Å². The standard InChI is InChI=1S/C4H9NO.3H2O/c1-4(6)5(2)3;;;/h1-3H3;3*1H2. The minimum atomic E-state index is 0. The summed E-state index contributed by atoms with van der Waals surface area (Å²) in [5, 5.41) is 0. The van der Waals surface area contributed by atoms with Crippen LogP contribution in [0.3, 0.4) is 0 Å². The lowest BCUT2D eigenvalue weighted by atomic mass is 10.7. The molecule has 0 aliphatic heterocycles. The number of nitrogens with zero attached hydrogens (tertiary/aromatic N) is 1. The molecule has 0 bridgehead atoms. The summed E-state index contributed by atoms with van der Waals surface area (Å²) in [5.74, 6) is 0.0926. The van der Waals surface area contributed by atoms with Crippen molar-refractivity contribution < 1.29 is 21.2 Å². The van der Waals surface area contributed by atoms with Crippen molar-refractivity contribution in [2.75, 3.05) is 14.1 Å². The number of carbonyl (C=O) groups is 1. The van der Waals surface area contributed by atoms with E-state index in [4.69, 9.17) is 0 Å². The summed E-state index contributed by atoms with van der Waals surface area (Å²) in [6.07, 6.45) is 0. The highest BCUT2D eigenvalue weighted by atomic mass is 16.2. The van der Waals surface area contributed by atoms with Gasteiger partial charge in [0.05, 0.1) is 0 Å². The SMILES string of the molecule is CC(=O)N(C)C.O.O.O. The van der Waals surface area contributed by atoms with Crippen LogP contribution in [0.15, 0.2) is 0 Å². The van der Waals surface area contributed by atoms with Gasteiger partial charge in [0.2, 0.25) is 5.91 Å². The molecule has 0 radical (unpaired) electrons. The van der Waals surface area contributed by atoms with Crippen LogP contribution in [-0.4, -0.2) is 41.3 Å². The summed E-state index contributed by atoms with van der Waals surface area (Å²) in [6, 6.07) is 0. The average molecular weight is 141 g/mol. The Morgan fingerprint density at radius 1 is 1.11 bits per heavy atom. The maximum Gasteiger partial charge on any atom is 0.218 e. The van der Waals surface area contributed by atoms with Crippen LogP contribution < -0.4 is 0 Å². The van der Waals surface area contributed by atoms with Gasteiger partial charge in [-0.3, -0.25) is 4.79 Å². The van der Waals surface area contributed by atoms with Gasteiger partial charge >= 0.3 is 0 Å². The Kier molecular flexibility index (Phi) is 27.4. The summed E-state index contributed by atoms with van der Waals surface area (Å²) in [4.78, 5) is 11.6.